The molecule has 4 heteroatoms. The molecule has 1 N–H and O–H groups in total. The van der Waals surface area contributed by atoms with Crippen LogP contribution in [-0.4, -0.2) is 35.3 Å². The minimum Gasteiger partial charge on any atom is -0.353 e. The highest BCUT2D eigenvalue weighted by molar-refractivity contribution is 5.78. The van der Waals surface area contributed by atoms with Crippen LogP contribution in [0.4, 0.5) is 0 Å². The van der Waals surface area contributed by atoms with Crippen LogP contribution in [0.1, 0.15) is 65.7 Å². The SMILES string of the molecule is CCC(C)N(CCC(=O)NC1CCCCC1)C(C)=O. The molecule has 0 aromatic rings. The summed E-state index contributed by atoms with van der Waals surface area (Å²) in [5.74, 6) is 0.140. The third-order valence-corrected chi connectivity index (χ3v) is 4.08. The van der Waals surface area contributed by atoms with Crippen LogP contribution in [0.15, 0.2) is 0 Å². The van der Waals surface area contributed by atoms with Crippen LogP contribution in [0.3, 0.4) is 0 Å². The summed E-state index contributed by atoms with van der Waals surface area (Å²) < 4.78 is 0. The molecule has 1 unspecified atom stereocenters. The molecule has 0 spiro atoms. The lowest BCUT2D eigenvalue weighted by molar-refractivity contribution is -0.131. The van der Waals surface area contributed by atoms with Crippen molar-refractivity contribution in [1.29, 1.82) is 0 Å². The summed E-state index contributed by atoms with van der Waals surface area (Å²) in [7, 11) is 0. The zero-order valence-corrected chi connectivity index (χ0v) is 12.6. The molecule has 1 fully saturated rings. The van der Waals surface area contributed by atoms with Gasteiger partial charge in [-0.25, -0.2) is 0 Å². The Bertz CT molecular complexity index is 299. The van der Waals surface area contributed by atoms with E-state index < -0.39 is 0 Å². The maximum Gasteiger partial charge on any atom is 0.221 e. The number of nitrogens with zero attached hydrogens (tertiary/aromatic N) is 1. The molecule has 0 aromatic carbocycles. The number of nitrogens with one attached hydrogen (secondary N) is 1. The average molecular weight is 268 g/mol. The maximum atomic E-state index is 11.9. The van der Waals surface area contributed by atoms with Gasteiger partial charge in [-0.15, -0.1) is 0 Å². The fourth-order valence-corrected chi connectivity index (χ4v) is 2.68. The molecule has 0 radical (unpaired) electrons. The molecule has 0 bridgehead atoms. The van der Waals surface area contributed by atoms with Gasteiger partial charge in [0.05, 0.1) is 0 Å². The Morgan fingerprint density at radius 2 is 1.89 bits per heavy atom. The first-order valence-electron chi connectivity index (χ1n) is 7.61. The molecule has 1 aliphatic carbocycles. The van der Waals surface area contributed by atoms with Gasteiger partial charge in [0.15, 0.2) is 0 Å². The standard InChI is InChI=1S/C15H28N2O2/c1-4-12(2)17(13(3)18)11-10-15(19)16-14-8-6-5-7-9-14/h12,14H,4-11H2,1-3H3,(H,16,19). The van der Waals surface area contributed by atoms with Gasteiger partial charge < -0.3 is 10.2 Å². The minimum absolute atomic E-state index is 0.0554. The molecule has 0 heterocycles. The second-order valence-corrected chi connectivity index (χ2v) is 5.62. The Hall–Kier alpha value is -1.06. The number of hydrogen-bond donors (Lipinski definition) is 1. The van der Waals surface area contributed by atoms with Gasteiger partial charge >= 0.3 is 0 Å². The number of carbonyl (C=O) groups excluding carboxylic acids is 2. The summed E-state index contributed by atoms with van der Waals surface area (Å²) in [5.41, 5.74) is 0. The van der Waals surface area contributed by atoms with E-state index in [0.29, 0.717) is 19.0 Å². The molecule has 1 aliphatic rings. The Kier molecular flexibility index (Phi) is 6.89. The normalized spacial score (nSPS) is 17.8. The maximum absolute atomic E-state index is 11.9. The quantitative estimate of drug-likeness (QED) is 0.804. The van der Waals surface area contributed by atoms with Crippen molar-refractivity contribution >= 4 is 11.8 Å². The van der Waals surface area contributed by atoms with Gasteiger partial charge in [-0.05, 0) is 26.2 Å². The van der Waals surface area contributed by atoms with E-state index in [0.717, 1.165) is 19.3 Å². The highest BCUT2D eigenvalue weighted by Crippen LogP contribution is 2.17. The van der Waals surface area contributed by atoms with Crippen molar-refractivity contribution in [3.63, 3.8) is 0 Å². The van der Waals surface area contributed by atoms with Crippen LogP contribution in [-0.2, 0) is 9.59 Å². The third kappa shape index (κ3) is 5.62. The summed E-state index contributed by atoms with van der Waals surface area (Å²) in [4.78, 5) is 25.2. The zero-order valence-electron chi connectivity index (χ0n) is 12.6. The number of carbonyl (C=O) groups is 2. The van der Waals surface area contributed by atoms with Gasteiger partial charge in [0.1, 0.15) is 0 Å². The molecule has 4 nitrogen and oxygen atoms in total. The van der Waals surface area contributed by atoms with E-state index in [1.165, 1.54) is 19.3 Å². The third-order valence-electron chi connectivity index (χ3n) is 4.08. The molecular weight excluding hydrogens is 240 g/mol. The molecule has 2 amide bonds. The summed E-state index contributed by atoms with van der Waals surface area (Å²) >= 11 is 0. The fourth-order valence-electron chi connectivity index (χ4n) is 2.68. The lowest BCUT2D eigenvalue weighted by atomic mass is 9.95. The predicted octanol–water partition coefficient (Wildman–Crippen LogP) is 2.47. The van der Waals surface area contributed by atoms with Crippen molar-refractivity contribution < 1.29 is 9.59 Å². The van der Waals surface area contributed by atoms with E-state index in [1.54, 1.807) is 11.8 Å². The van der Waals surface area contributed by atoms with Crippen LogP contribution < -0.4 is 5.32 Å². The lowest BCUT2D eigenvalue weighted by Gasteiger charge is -2.28. The van der Waals surface area contributed by atoms with Crippen LogP contribution in [0.5, 0.6) is 0 Å². The Labute approximate surface area is 116 Å². The summed E-state index contributed by atoms with van der Waals surface area (Å²) in [5, 5.41) is 3.09. The first-order chi connectivity index (χ1) is 9.04. The van der Waals surface area contributed by atoms with Crippen molar-refractivity contribution in [3.05, 3.63) is 0 Å². The second kappa shape index (κ2) is 8.18. The van der Waals surface area contributed by atoms with Gasteiger partial charge in [-0.3, -0.25) is 9.59 Å². The van der Waals surface area contributed by atoms with Crippen LogP contribution in [0, 0.1) is 0 Å². The summed E-state index contributed by atoms with van der Waals surface area (Å²) in [6.07, 6.45) is 7.28. The van der Waals surface area contributed by atoms with E-state index in [4.69, 9.17) is 0 Å². The fraction of sp³-hybridized carbons (Fsp3) is 0.867. The molecule has 0 aromatic heterocycles. The molecule has 1 atom stereocenters. The molecular formula is C15H28N2O2. The first-order valence-corrected chi connectivity index (χ1v) is 7.61. The number of hydrogen-bond acceptors (Lipinski definition) is 2. The molecule has 0 aliphatic heterocycles. The van der Waals surface area contributed by atoms with E-state index in [2.05, 4.69) is 12.2 Å². The monoisotopic (exact) mass is 268 g/mol. The van der Waals surface area contributed by atoms with E-state index in [9.17, 15) is 9.59 Å². The first kappa shape index (κ1) is 16.0. The zero-order chi connectivity index (χ0) is 14.3. The molecule has 1 rings (SSSR count). The van der Waals surface area contributed by atoms with Crippen LogP contribution in [0.25, 0.3) is 0 Å². The smallest absolute Gasteiger partial charge is 0.221 e. The van der Waals surface area contributed by atoms with Crippen LogP contribution >= 0.6 is 0 Å². The van der Waals surface area contributed by atoms with Gasteiger partial charge in [0, 0.05) is 32.0 Å². The molecule has 19 heavy (non-hydrogen) atoms. The van der Waals surface area contributed by atoms with E-state index >= 15 is 0 Å². The molecule has 110 valence electrons. The summed E-state index contributed by atoms with van der Waals surface area (Å²) in [6, 6.07) is 0.565. The topological polar surface area (TPSA) is 49.4 Å². The van der Waals surface area contributed by atoms with Crippen molar-refractivity contribution in [3.8, 4) is 0 Å². The Morgan fingerprint density at radius 1 is 1.26 bits per heavy atom. The van der Waals surface area contributed by atoms with Gasteiger partial charge in [0.2, 0.25) is 11.8 Å². The Balaban J connectivity index is 2.32. The highest BCUT2D eigenvalue weighted by Gasteiger charge is 2.19. The van der Waals surface area contributed by atoms with Gasteiger partial charge in [-0.2, -0.15) is 0 Å². The van der Waals surface area contributed by atoms with Crippen LogP contribution in [0.2, 0.25) is 0 Å². The second-order valence-electron chi connectivity index (χ2n) is 5.62. The molecule has 0 saturated heterocycles. The van der Waals surface area contributed by atoms with Gasteiger partial charge in [0.25, 0.3) is 0 Å². The molecule has 1 saturated carbocycles. The van der Waals surface area contributed by atoms with E-state index in [-0.39, 0.29) is 17.9 Å². The average Bonchev–Trinajstić information content (AvgIpc) is 2.39. The number of rotatable bonds is 6. The highest BCUT2D eigenvalue weighted by atomic mass is 16.2. The lowest BCUT2D eigenvalue weighted by Crippen LogP contribution is -2.41. The minimum atomic E-state index is 0.0554. The van der Waals surface area contributed by atoms with Crippen molar-refractivity contribution in [2.24, 2.45) is 0 Å². The Morgan fingerprint density at radius 3 is 2.42 bits per heavy atom. The number of amides is 2. The van der Waals surface area contributed by atoms with Gasteiger partial charge in [-0.1, -0.05) is 26.2 Å². The summed E-state index contributed by atoms with van der Waals surface area (Å²) in [6.45, 7) is 6.19. The van der Waals surface area contributed by atoms with Crippen molar-refractivity contribution in [2.45, 2.75) is 77.8 Å². The van der Waals surface area contributed by atoms with Crippen molar-refractivity contribution in [2.75, 3.05) is 6.54 Å². The largest absolute Gasteiger partial charge is 0.353 e. The van der Waals surface area contributed by atoms with E-state index in [1.807, 2.05) is 6.92 Å². The van der Waals surface area contributed by atoms with Crippen molar-refractivity contribution in [1.82, 2.24) is 10.2 Å². The predicted molar refractivity (Wildman–Crippen MR) is 76.8 cm³/mol.